The van der Waals surface area contributed by atoms with Gasteiger partial charge in [-0.3, -0.25) is 38.4 Å². The SMILES string of the molecule is CN[C@@H](C)C(=O)N[C@H](C(=O)N1C[C@@H](NC(=O)c2ccc(C(=O)N[C@H]3C[C@@H](C(=O)NC[C@H](C)c4ccccc4)N(C(=O)[C@@H](NC(=O)[C@H](C)NC)C(C)(C)C)C3)cc2)C[C@H]1C(=O)NC[C@H](C)c1ccccc1)C(C)(C)C. The zero-order valence-corrected chi connectivity index (χ0v) is 45.3. The van der Waals surface area contributed by atoms with E-state index in [2.05, 4.69) is 42.5 Å². The van der Waals surface area contributed by atoms with Crippen LogP contribution in [0.5, 0.6) is 0 Å². The van der Waals surface area contributed by atoms with Crippen LogP contribution in [0.25, 0.3) is 0 Å². The van der Waals surface area contributed by atoms with Crippen LogP contribution in [0.4, 0.5) is 0 Å². The molecular weight excluding hydrogens is 941 g/mol. The number of likely N-dealkylation sites (N-methyl/N-ethyl adjacent to an activating group) is 2. The largest absolute Gasteiger partial charge is 0.354 e. The van der Waals surface area contributed by atoms with Crippen molar-refractivity contribution in [3.05, 3.63) is 107 Å². The topological polar surface area (TPSA) is 239 Å². The minimum atomic E-state index is -0.984. The molecule has 402 valence electrons. The molecule has 0 spiro atoms. The Bertz CT molecular complexity index is 2270. The van der Waals surface area contributed by atoms with Crippen molar-refractivity contribution in [3.8, 4) is 0 Å². The van der Waals surface area contributed by atoms with Gasteiger partial charge >= 0.3 is 0 Å². The molecule has 18 nitrogen and oxygen atoms in total. The molecule has 3 aromatic rings. The normalized spacial score (nSPS) is 20.2. The first-order chi connectivity index (χ1) is 34.8. The minimum absolute atomic E-state index is 0.00530. The number of carbonyl (C=O) groups excluding carboxylic acids is 8. The third-order valence-corrected chi connectivity index (χ3v) is 14.2. The Kier molecular flexibility index (Phi) is 20.1. The predicted molar refractivity (Wildman–Crippen MR) is 285 cm³/mol. The lowest BCUT2D eigenvalue weighted by Gasteiger charge is -2.36. The van der Waals surface area contributed by atoms with Crippen LogP contribution < -0.4 is 42.5 Å². The Labute approximate surface area is 437 Å². The van der Waals surface area contributed by atoms with Crippen LogP contribution in [-0.4, -0.2) is 146 Å². The second kappa shape index (κ2) is 25.5. The van der Waals surface area contributed by atoms with Crippen LogP contribution in [0, 0.1) is 10.8 Å². The molecule has 10 atom stereocenters. The van der Waals surface area contributed by atoms with Gasteiger partial charge in [-0.05, 0) is 98.8 Å². The average molecular weight is 1020 g/mol. The van der Waals surface area contributed by atoms with Gasteiger partial charge in [-0.2, -0.15) is 0 Å². The highest BCUT2D eigenvalue weighted by molar-refractivity contribution is 5.99. The van der Waals surface area contributed by atoms with Crippen molar-refractivity contribution in [3.63, 3.8) is 0 Å². The monoisotopic (exact) mass is 1020 g/mol. The lowest BCUT2D eigenvalue weighted by Crippen LogP contribution is -2.59. The number of carbonyl (C=O) groups is 8. The van der Waals surface area contributed by atoms with Gasteiger partial charge in [0.25, 0.3) is 11.8 Å². The van der Waals surface area contributed by atoms with Gasteiger partial charge in [0.05, 0.1) is 12.1 Å². The summed E-state index contributed by atoms with van der Waals surface area (Å²) >= 11 is 0. The van der Waals surface area contributed by atoms with Gasteiger partial charge in [-0.25, -0.2) is 0 Å². The van der Waals surface area contributed by atoms with Crippen LogP contribution in [0.1, 0.15) is 126 Å². The second-order valence-corrected chi connectivity index (χ2v) is 22.2. The van der Waals surface area contributed by atoms with E-state index in [9.17, 15) is 38.4 Å². The van der Waals surface area contributed by atoms with Crippen LogP contribution in [0.2, 0.25) is 0 Å². The first-order valence-corrected chi connectivity index (χ1v) is 25.8. The highest BCUT2D eigenvalue weighted by atomic mass is 16.2. The summed E-state index contributed by atoms with van der Waals surface area (Å²) in [6.45, 7) is 19.0. The number of hydrogen-bond donors (Lipinski definition) is 8. The highest BCUT2D eigenvalue weighted by Crippen LogP contribution is 2.29. The van der Waals surface area contributed by atoms with E-state index in [-0.39, 0.29) is 72.5 Å². The first kappa shape index (κ1) is 58.2. The summed E-state index contributed by atoms with van der Waals surface area (Å²) in [6.07, 6.45) is 0.232. The van der Waals surface area contributed by atoms with Crippen LogP contribution >= 0.6 is 0 Å². The van der Waals surface area contributed by atoms with Crippen molar-refractivity contribution in [2.45, 2.75) is 142 Å². The van der Waals surface area contributed by atoms with Crippen molar-refractivity contribution in [1.82, 2.24) is 52.3 Å². The molecule has 0 bridgehead atoms. The van der Waals surface area contributed by atoms with Gasteiger partial charge in [-0.1, -0.05) is 116 Å². The zero-order valence-electron chi connectivity index (χ0n) is 45.3. The Morgan fingerprint density at radius 3 is 1.14 bits per heavy atom. The minimum Gasteiger partial charge on any atom is -0.354 e. The van der Waals surface area contributed by atoms with Crippen LogP contribution in [0.3, 0.4) is 0 Å². The van der Waals surface area contributed by atoms with E-state index < -0.39 is 82.8 Å². The van der Waals surface area contributed by atoms with Crippen LogP contribution in [-0.2, 0) is 28.8 Å². The molecule has 2 saturated heterocycles. The van der Waals surface area contributed by atoms with Crippen LogP contribution in [0.15, 0.2) is 84.9 Å². The van der Waals surface area contributed by atoms with E-state index in [1.165, 1.54) is 34.1 Å². The fourth-order valence-electron chi connectivity index (χ4n) is 9.14. The fraction of sp³-hybridized carbons (Fsp3) is 0.536. The third-order valence-electron chi connectivity index (χ3n) is 14.2. The number of likely N-dealkylation sites (tertiary alicyclic amines) is 2. The van der Waals surface area contributed by atoms with Crippen molar-refractivity contribution < 1.29 is 38.4 Å². The zero-order chi connectivity index (χ0) is 54.7. The molecule has 8 N–H and O–H groups in total. The maximum absolute atomic E-state index is 14.5. The third kappa shape index (κ3) is 15.2. The Hall–Kier alpha value is -6.66. The summed E-state index contributed by atoms with van der Waals surface area (Å²) < 4.78 is 0. The predicted octanol–water partition coefficient (Wildman–Crippen LogP) is 3.20. The van der Waals surface area contributed by atoms with E-state index in [1.54, 1.807) is 27.9 Å². The van der Waals surface area contributed by atoms with Crippen molar-refractivity contribution in [1.29, 1.82) is 0 Å². The van der Waals surface area contributed by atoms with Gasteiger partial charge in [0.2, 0.25) is 35.4 Å². The molecule has 8 amide bonds. The first-order valence-electron chi connectivity index (χ1n) is 25.8. The second-order valence-electron chi connectivity index (χ2n) is 22.2. The molecule has 3 aromatic carbocycles. The van der Waals surface area contributed by atoms with Gasteiger partial charge in [0.1, 0.15) is 24.2 Å². The summed E-state index contributed by atoms with van der Waals surface area (Å²) in [7, 11) is 3.29. The maximum atomic E-state index is 14.5. The highest BCUT2D eigenvalue weighted by Gasteiger charge is 2.47. The molecule has 2 fully saturated rings. The van der Waals surface area contributed by atoms with E-state index in [4.69, 9.17) is 0 Å². The number of rotatable bonds is 20. The van der Waals surface area contributed by atoms with E-state index in [0.717, 1.165) is 11.1 Å². The number of hydrogen-bond acceptors (Lipinski definition) is 10. The molecule has 0 radical (unpaired) electrons. The molecule has 0 aromatic heterocycles. The van der Waals surface area contributed by atoms with Gasteiger partial charge < -0.3 is 52.3 Å². The fourth-order valence-corrected chi connectivity index (χ4v) is 9.14. The van der Waals surface area contributed by atoms with Gasteiger partial charge in [0, 0.05) is 49.4 Å². The molecule has 5 rings (SSSR count). The Morgan fingerprint density at radius 1 is 0.514 bits per heavy atom. The van der Waals surface area contributed by atoms with E-state index in [1.807, 2.05) is 116 Å². The molecule has 0 saturated carbocycles. The summed E-state index contributed by atoms with van der Waals surface area (Å²) in [4.78, 5) is 114. The quantitative estimate of drug-likeness (QED) is 0.0823. The van der Waals surface area contributed by atoms with Crippen molar-refractivity contribution >= 4 is 47.3 Å². The summed E-state index contributed by atoms with van der Waals surface area (Å²) in [6, 6.07) is 19.2. The molecular formula is C56H80N10O8. The lowest BCUT2D eigenvalue weighted by molar-refractivity contribution is -0.144. The molecule has 18 heteroatoms. The summed E-state index contributed by atoms with van der Waals surface area (Å²) in [5.74, 6) is -3.40. The number of amides is 8. The standard InChI is InChI=1S/C56H80N10O8/c1-33(37-19-15-13-16-20-37)29-59-51(71)43-27-41(31-65(43)53(73)45(55(5,6)7)63-47(67)35(3)57-11)61-49(69)39-23-25-40(26-24-39)50(70)62-42-28-44(52(72)60-30-34(2)38-21-17-14-18-22-38)66(32-42)54(74)46(56(8,9)10)64-48(68)36(4)58-12/h13-26,33-36,41-46,57-58H,27-32H2,1-12H3,(H,59,71)(H,60,72)(H,61,69)(H,62,70)(H,63,67)(H,64,68)/t33-,34-,35-,36-,41-,42-,43-,44-,45+,46+/m0/s1. The number of benzene rings is 3. The molecule has 0 aliphatic carbocycles. The summed E-state index contributed by atoms with van der Waals surface area (Å²) in [5, 5.41) is 23.6. The van der Waals surface area contributed by atoms with Crippen molar-refractivity contribution in [2.75, 3.05) is 40.3 Å². The molecule has 2 aliphatic rings. The maximum Gasteiger partial charge on any atom is 0.251 e. The van der Waals surface area contributed by atoms with Gasteiger partial charge in [0.15, 0.2) is 0 Å². The molecule has 2 aliphatic heterocycles. The Morgan fingerprint density at radius 2 is 0.838 bits per heavy atom. The van der Waals surface area contributed by atoms with E-state index >= 15 is 0 Å². The molecule has 0 unspecified atom stereocenters. The number of nitrogens with zero attached hydrogens (tertiary/aromatic N) is 2. The Balaban J connectivity index is 1.30. The summed E-state index contributed by atoms with van der Waals surface area (Å²) in [5.41, 5.74) is 1.07. The molecule has 74 heavy (non-hydrogen) atoms. The number of nitrogens with one attached hydrogen (secondary N) is 8. The van der Waals surface area contributed by atoms with E-state index in [0.29, 0.717) is 13.1 Å². The van der Waals surface area contributed by atoms with Crippen molar-refractivity contribution in [2.24, 2.45) is 10.8 Å². The smallest absolute Gasteiger partial charge is 0.251 e. The van der Waals surface area contributed by atoms with Gasteiger partial charge in [-0.15, -0.1) is 0 Å². The lowest BCUT2D eigenvalue weighted by atomic mass is 9.85. The average Bonchev–Trinajstić information content (AvgIpc) is 4.01. The molecule has 2 heterocycles.